The molecule has 0 N–H and O–H groups in total. The fourth-order valence-electron chi connectivity index (χ4n) is 0.831. The molecule has 0 bridgehead atoms. The van der Waals surface area contributed by atoms with Crippen molar-refractivity contribution in [3.8, 4) is 0 Å². The first-order valence-corrected chi connectivity index (χ1v) is 3.37. The van der Waals surface area contributed by atoms with Gasteiger partial charge in [0.05, 0.1) is 0 Å². The number of hydrogen-bond acceptors (Lipinski definition) is 2. The van der Waals surface area contributed by atoms with Crippen molar-refractivity contribution in [2.45, 2.75) is 6.92 Å². The number of rotatable bonds is 1. The molecule has 11 heavy (non-hydrogen) atoms. The Balaban J connectivity index is 3.36. The zero-order valence-corrected chi connectivity index (χ0v) is 6.78. The van der Waals surface area contributed by atoms with Crippen molar-refractivity contribution in [2.75, 3.05) is 7.05 Å². The molecule has 0 aliphatic rings. The van der Waals surface area contributed by atoms with E-state index in [-0.39, 0.29) is 0 Å². The molecule has 0 saturated carbocycles. The Morgan fingerprint density at radius 2 is 2.45 bits per heavy atom. The van der Waals surface area contributed by atoms with Gasteiger partial charge in [-0.05, 0) is 13.0 Å². The molecule has 1 aromatic rings. The number of hydrogen-bond donors (Lipinski definition) is 0. The lowest BCUT2D eigenvalue weighted by Gasteiger charge is -2.02. The lowest BCUT2D eigenvalue weighted by Crippen LogP contribution is -2.18. The molecule has 3 heteroatoms. The summed E-state index contributed by atoms with van der Waals surface area (Å²) in [5, 5.41) is 0. The van der Waals surface area contributed by atoms with Crippen LogP contribution in [0.2, 0.25) is 0 Å². The van der Waals surface area contributed by atoms with E-state index in [4.69, 9.17) is 0 Å². The molecule has 58 valence electrons. The quantitative estimate of drug-likeness (QED) is 0.583. The second kappa shape index (κ2) is 3.14. The molecule has 0 saturated heterocycles. The molecule has 0 aliphatic heterocycles. The highest BCUT2D eigenvalue weighted by Gasteiger charge is 1.89. The topological polar surface area (TPSA) is 30.2 Å². The molecule has 0 amide bonds. The third-order valence-corrected chi connectivity index (χ3v) is 1.38. The zero-order valence-electron chi connectivity index (χ0n) is 6.78. The van der Waals surface area contributed by atoms with Crippen molar-refractivity contribution >= 4 is 5.70 Å². The van der Waals surface area contributed by atoms with E-state index in [0.29, 0.717) is 0 Å². The van der Waals surface area contributed by atoms with E-state index in [1.165, 1.54) is 0 Å². The van der Waals surface area contributed by atoms with Gasteiger partial charge in [0.2, 0.25) is 0 Å². The summed E-state index contributed by atoms with van der Waals surface area (Å²) in [4.78, 5) is 8.01. The van der Waals surface area contributed by atoms with Crippen LogP contribution in [0.3, 0.4) is 0 Å². The maximum absolute atomic E-state index is 4.05. The molecule has 0 aromatic carbocycles. The van der Waals surface area contributed by atoms with Crippen LogP contribution in [0.15, 0.2) is 30.2 Å². The van der Waals surface area contributed by atoms with Gasteiger partial charge in [-0.2, -0.15) is 0 Å². The van der Waals surface area contributed by atoms with E-state index in [1.807, 2.05) is 17.6 Å². The van der Waals surface area contributed by atoms with Crippen molar-refractivity contribution in [3.63, 3.8) is 0 Å². The van der Waals surface area contributed by atoms with Crippen molar-refractivity contribution in [3.05, 3.63) is 30.7 Å². The minimum absolute atomic E-state index is 0.868. The largest absolute Gasteiger partial charge is 0.290 e. The fourth-order valence-corrected chi connectivity index (χ4v) is 0.831. The highest BCUT2D eigenvalue weighted by molar-refractivity contribution is 5.36. The normalized spacial score (nSPS) is 11.6. The molecule has 0 unspecified atom stereocenters. The summed E-state index contributed by atoms with van der Waals surface area (Å²) in [5.74, 6) is 0. The smallest absolute Gasteiger partial charge is 0.134 e. The Morgan fingerprint density at radius 3 is 2.91 bits per heavy atom. The Bertz CT molecular complexity index is 322. The highest BCUT2D eigenvalue weighted by Crippen LogP contribution is 1.90. The summed E-state index contributed by atoms with van der Waals surface area (Å²) in [7, 11) is 1.74. The van der Waals surface area contributed by atoms with Crippen molar-refractivity contribution < 1.29 is 0 Å². The second-order valence-electron chi connectivity index (χ2n) is 2.27. The average molecular weight is 149 g/mol. The highest BCUT2D eigenvalue weighted by atomic mass is 15.0. The maximum atomic E-state index is 4.05. The minimum atomic E-state index is 0.868. The van der Waals surface area contributed by atoms with E-state index in [9.17, 15) is 0 Å². The molecule has 0 radical (unpaired) electrons. The van der Waals surface area contributed by atoms with Gasteiger partial charge in [-0.1, -0.05) is 6.58 Å². The van der Waals surface area contributed by atoms with E-state index in [0.717, 1.165) is 11.2 Å². The van der Waals surface area contributed by atoms with E-state index in [2.05, 4.69) is 16.6 Å². The predicted octanol–water partition coefficient (Wildman–Crippen LogP) is 0.904. The van der Waals surface area contributed by atoms with E-state index >= 15 is 0 Å². The first kappa shape index (κ1) is 7.72. The molecular weight excluding hydrogens is 138 g/mol. The van der Waals surface area contributed by atoms with Crippen LogP contribution in [0, 0.1) is 0 Å². The van der Waals surface area contributed by atoms with Crippen LogP contribution in [0.25, 0.3) is 5.70 Å². The molecule has 1 aromatic heterocycles. The maximum Gasteiger partial charge on any atom is 0.134 e. The van der Waals surface area contributed by atoms with Gasteiger partial charge in [0.15, 0.2) is 0 Å². The van der Waals surface area contributed by atoms with Gasteiger partial charge in [-0.15, -0.1) is 0 Å². The van der Waals surface area contributed by atoms with Crippen LogP contribution in [0.1, 0.15) is 6.92 Å². The number of aromatic nitrogens is 2. The summed E-state index contributed by atoms with van der Waals surface area (Å²) in [6, 6.07) is 1.84. The van der Waals surface area contributed by atoms with Crippen LogP contribution in [0.5, 0.6) is 0 Å². The monoisotopic (exact) mass is 149 g/mol. The van der Waals surface area contributed by atoms with Gasteiger partial charge in [-0.25, -0.2) is 4.98 Å². The Hall–Kier alpha value is -1.38. The predicted molar refractivity (Wildman–Crippen MR) is 44.7 cm³/mol. The SMILES string of the molecule is C=C(C)n1cnccc1=NC. The van der Waals surface area contributed by atoms with Gasteiger partial charge >= 0.3 is 0 Å². The lowest BCUT2D eigenvalue weighted by atomic mass is 10.5. The molecule has 1 heterocycles. The van der Waals surface area contributed by atoms with Gasteiger partial charge < -0.3 is 0 Å². The van der Waals surface area contributed by atoms with Gasteiger partial charge in [0, 0.05) is 18.9 Å². The first-order chi connectivity index (χ1) is 5.25. The Labute approximate surface area is 65.7 Å². The van der Waals surface area contributed by atoms with Crippen molar-refractivity contribution in [1.29, 1.82) is 0 Å². The summed E-state index contributed by atoms with van der Waals surface area (Å²) >= 11 is 0. The fraction of sp³-hybridized carbons (Fsp3) is 0.250. The van der Waals surface area contributed by atoms with Crippen LogP contribution >= 0.6 is 0 Å². The van der Waals surface area contributed by atoms with E-state index in [1.54, 1.807) is 19.6 Å². The summed E-state index contributed by atoms with van der Waals surface area (Å²) in [5.41, 5.74) is 1.78. The standard InChI is InChI=1S/C8H11N3/c1-7(2)11-6-10-5-4-8(11)9-3/h4-6H,1H2,2-3H3. The number of allylic oxidation sites excluding steroid dienone is 1. The molecule has 0 aliphatic carbocycles. The van der Waals surface area contributed by atoms with Crippen LogP contribution in [0.4, 0.5) is 0 Å². The minimum Gasteiger partial charge on any atom is -0.290 e. The lowest BCUT2D eigenvalue weighted by molar-refractivity contribution is 0.911. The average Bonchev–Trinajstić information content (AvgIpc) is 2.04. The molecule has 3 nitrogen and oxygen atoms in total. The van der Waals surface area contributed by atoms with Gasteiger partial charge in [0.1, 0.15) is 11.8 Å². The Kier molecular flexibility index (Phi) is 2.21. The van der Waals surface area contributed by atoms with E-state index < -0.39 is 0 Å². The molecule has 0 spiro atoms. The van der Waals surface area contributed by atoms with Crippen molar-refractivity contribution in [1.82, 2.24) is 9.55 Å². The summed E-state index contributed by atoms with van der Waals surface area (Å²) in [6.07, 6.45) is 3.41. The molecule has 0 atom stereocenters. The Morgan fingerprint density at radius 1 is 1.73 bits per heavy atom. The molecular formula is C8H11N3. The van der Waals surface area contributed by atoms with Gasteiger partial charge in [-0.3, -0.25) is 9.56 Å². The summed E-state index contributed by atoms with van der Waals surface area (Å²) in [6.45, 7) is 5.71. The third-order valence-electron chi connectivity index (χ3n) is 1.38. The van der Waals surface area contributed by atoms with Crippen molar-refractivity contribution in [2.24, 2.45) is 4.99 Å². The van der Waals surface area contributed by atoms with Crippen LogP contribution in [-0.4, -0.2) is 16.6 Å². The van der Waals surface area contributed by atoms with Crippen LogP contribution < -0.4 is 5.49 Å². The first-order valence-electron chi connectivity index (χ1n) is 3.37. The summed E-state index contributed by atoms with van der Waals surface area (Å²) < 4.78 is 1.83. The second-order valence-corrected chi connectivity index (χ2v) is 2.27. The third kappa shape index (κ3) is 1.55. The molecule has 1 rings (SSSR count). The zero-order chi connectivity index (χ0) is 8.27. The number of nitrogens with zero attached hydrogens (tertiary/aromatic N) is 3. The molecule has 0 fully saturated rings. The van der Waals surface area contributed by atoms with Gasteiger partial charge in [0.25, 0.3) is 0 Å². The van der Waals surface area contributed by atoms with Crippen LogP contribution in [-0.2, 0) is 0 Å².